The van der Waals surface area contributed by atoms with E-state index in [0.29, 0.717) is 11.3 Å². The van der Waals surface area contributed by atoms with E-state index in [1.54, 1.807) is 31.2 Å². The Morgan fingerprint density at radius 1 is 1.18 bits per heavy atom. The Balaban J connectivity index is 1.59. The van der Waals surface area contributed by atoms with Crippen molar-refractivity contribution >= 4 is 46.5 Å². The summed E-state index contributed by atoms with van der Waals surface area (Å²) >= 11 is 0. The van der Waals surface area contributed by atoms with Gasteiger partial charge in [-0.1, -0.05) is 6.07 Å². The van der Waals surface area contributed by atoms with Crippen LogP contribution in [0.1, 0.15) is 22.8 Å². The topological polar surface area (TPSA) is 191 Å². The Labute approximate surface area is 190 Å². The summed E-state index contributed by atoms with van der Waals surface area (Å²) in [6, 6.07) is 10.5. The number of benzene rings is 2. The highest BCUT2D eigenvalue weighted by Crippen LogP contribution is 2.28. The van der Waals surface area contributed by atoms with Crippen molar-refractivity contribution in [3.63, 3.8) is 0 Å². The third kappa shape index (κ3) is 4.69. The van der Waals surface area contributed by atoms with Gasteiger partial charge >= 0.3 is 11.7 Å². The van der Waals surface area contributed by atoms with Crippen molar-refractivity contribution in [3.05, 3.63) is 63.7 Å². The molecule has 2 aromatic carbocycles. The zero-order valence-electron chi connectivity index (χ0n) is 17.5. The molecule has 4 aromatic rings. The van der Waals surface area contributed by atoms with Gasteiger partial charge in [-0.05, 0) is 47.6 Å². The standard InChI is InChI=1S/C20H16N8O6/c1-2-33-20(30)11-6-8-13(9-7-11)22-16-17(24-19-18(23-16)26-34-27-19)25-21-10-12-4-3-5-14(15(12)29)28(31)32/h3-10,29H,2H2,1H3,(H,22,23,26)(H,24,25,27). The van der Waals surface area contributed by atoms with Crippen LogP contribution in [0.4, 0.5) is 23.0 Å². The Bertz CT molecular complexity index is 1390. The second kappa shape index (κ2) is 9.56. The number of nitrogens with one attached hydrogen (secondary N) is 2. The van der Waals surface area contributed by atoms with Gasteiger partial charge in [0.1, 0.15) is 0 Å². The number of ether oxygens (including phenoxy) is 1. The van der Waals surface area contributed by atoms with Crippen LogP contribution >= 0.6 is 0 Å². The van der Waals surface area contributed by atoms with Gasteiger partial charge in [0.15, 0.2) is 11.6 Å². The number of phenols is 1. The lowest BCUT2D eigenvalue weighted by Crippen LogP contribution is -2.05. The Hall–Kier alpha value is -5.14. The molecule has 0 spiro atoms. The number of esters is 1. The van der Waals surface area contributed by atoms with Gasteiger partial charge in [-0.25, -0.2) is 14.4 Å². The molecule has 0 radical (unpaired) electrons. The number of aromatic hydroxyl groups is 1. The quantitative estimate of drug-likeness (QED) is 0.150. The molecule has 0 atom stereocenters. The maximum Gasteiger partial charge on any atom is 0.338 e. The van der Waals surface area contributed by atoms with Crippen molar-refractivity contribution < 1.29 is 24.2 Å². The van der Waals surface area contributed by atoms with Gasteiger partial charge in [0, 0.05) is 17.3 Å². The summed E-state index contributed by atoms with van der Waals surface area (Å²) in [4.78, 5) is 30.6. The molecule has 0 saturated carbocycles. The predicted molar refractivity (Wildman–Crippen MR) is 119 cm³/mol. The molecule has 0 aliphatic rings. The first-order valence-electron chi connectivity index (χ1n) is 9.76. The number of nitrogens with zero attached hydrogens (tertiary/aromatic N) is 6. The number of carbonyl (C=O) groups excluding carboxylic acids is 1. The average Bonchev–Trinajstić information content (AvgIpc) is 3.28. The van der Waals surface area contributed by atoms with Crippen molar-refractivity contribution in [2.75, 3.05) is 17.3 Å². The van der Waals surface area contributed by atoms with Gasteiger partial charge in [-0.2, -0.15) is 10.1 Å². The molecule has 0 aliphatic heterocycles. The lowest BCUT2D eigenvalue weighted by atomic mass is 10.2. The summed E-state index contributed by atoms with van der Waals surface area (Å²) < 4.78 is 9.61. The van der Waals surface area contributed by atoms with Crippen LogP contribution < -0.4 is 10.7 Å². The molecule has 0 unspecified atom stereocenters. The van der Waals surface area contributed by atoms with Crippen LogP contribution in [-0.4, -0.2) is 49.1 Å². The van der Waals surface area contributed by atoms with Crippen LogP contribution in [0.15, 0.2) is 52.2 Å². The molecule has 2 aromatic heterocycles. The van der Waals surface area contributed by atoms with E-state index < -0.39 is 22.3 Å². The van der Waals surface area contributed by atoms with Crippen molar-refractivity contribution in [2.45, 2.75) is 6.92 Å². The molecule has 0 bridgehead atoms. The normalized spacial score (nSPS) is 11.0. The Morgan fingerprint density at radius 3 is 2.56 bits per heavy atom. The van der Waals surface area contributed by atoms with Crippen molar-refractivity contribution in [1.29, 1.82) is 0 Å². The zero-order chi connectivity index (χ0) is 24.1. The first kappa shape index (κ1) is 22.1. The van der Waals surface area contributed by atoms with Crippen molar-refractivity contribution in [3.8, 4) is 5.75 Å². The van der Waals surface area contributed by atoms with E-state index in [2.05, 4.69) is 40.8 Å². The van der Waals surface area contributed by atoms with E-state index in [0.717, 1.165) is 0 Å². The first-order valence-corrected chi connectivity index (χ1v) is 9.76. The molecule has 3 N–H and O–H groups in total. The number of rotatable bonds is 8. The summed E-state index contributed by atoms with van der Waals surface area (Å²) in [5, 5.41) is 35.4. The molecule has 14 heteroatoms. The molecular formula is C20H16N8O6. The number of carbonyl (C=O) groups is 1. The van der Waals surface area contributed by atoms with Gasteiger partial charge in [0.25, 0.3) is 0 Å². The van der Waals surface area contributed by atoms with Crippen LogP contribution in [-0.2, 0) is 4.74 Å². The minimum absolute atomic E-state index is 0.110. The molecule has 0 aliphatic carbocycles. The molecule has 0 saturated heterocycles. The molecule has 0 amide bonds. The van der Waals surface area contributed by atoms with E-state index in [1.165, 1.54) is 24.4 Å². The summed E-state index contributed by atoms with van der Waals surface area (Å²) in [5.74, 6) is -0.642. The number of hydrazone groups is 1. The van der Waals surface area contributed by atoms with Crippen LogP contribution in [0, 0.1) is 10.1 Å². The molecule has 14 nitrogen and oxygen atoms in total. The maximum atomic E-state index is 11.8. The number of nitro groups is 1. The summed E-state index contributed by atoms with van der Waals surface area (Å²) in [7, 11) is 0. The van der Waals surface area contributed by atoms with E-state index in [9.17, 15) is 20.0 Å². The SMILES string of the molecule is CCOC(=O)c1ccc(Nc2nc3nonc3nc2NN=Cc2cccc([N+](=O)[O-])c2O)cc1. The third-order valence-electron chi connectivity index (χ3n) is 4.39. The fourth-order valence-electron chi connectivity index (χ4n) is 2.81. The number of hydrogen-bond donors (Lipinski definition) is 3. The number of hydrogen-bond acceptors (Lipinski definition) is 13. The largest absolute Gasteiger partial charge is 0.502 e. The van der Waals surface area contributed by atoms with Gasteiger partial charge < -0.3 is 15.2 Å². The van der Waals surface area contributed by atoms with E-state index >= 15 is 0 Å². The number of nitro benzene ring substituents is 1. The average molecular weight is 464 g/mol. The second-order valence-corrected chi connectivity index (χ2v) is 6.60. The number of fused-ring (bicyclic) bond motifs is 1. The third-order valence-corrected chi connectivity index (χ3v) is 4.39. The zero-order valence-corrected chi connectivity index (χ0v) is 17.5. The maximum absolute atomic E-state index is 11.8. The van der Waals surface area contributed by atoms with Crippen molar-refractivity contribution in [1.82, 2.24) is 20.3 Å². The molecule has 34 heavy (non-hydrogen) atoms. The highest BCUT2D eigenvalue weighted by molar-refractivity contribution is 5.90. The Morgan fingerprint density at radius 2 is 1.88 bits per heavy atom. The van der Waals surface area contributed by atoms with Crippen LogP contribution in [0.5, 0.6) is 5.75 Å². The Kier molecular flexibility index (Phi) is 6.20. The second-order valence-electron chi connectivity index (χ2n) is 6.60. The lowest BCUT2D eigenvalue weighted by Gasteiger charge is -2.10. The number of phenolic OH excluding ortho intramolecular Hbond substituents is 1. The minimum Gasteiger partial charge on any atom is -0.502 e. The molecule has 172 valence electrons. The van der Waals surface area contributed by atoms with Crippen LogP contribution in [0.3, 0.4) is 0 Å². The van der Waals surface area contributed by atoms with Crippen LogP contribution in [0.2, 0.25) is 0 Å². The van der Waals surface area contributed by atoms with Gasteiger partial charge in [-0.15, -0.1) is 0 Å². The highest BCUT2D eigenvalue weighted by Gasteiger charge is 2.16. The fraction of sp³-hybridized carbons (Fsp3) is 0.100. The van der Waals surface area contributed by atoms with E-state index in [4.69, 9.17) is 4.74 Å². The molecule has 2 heterocycles. The highest BCUT2D eigenvalue weighted by atomic mass is 16.6. The van der Waals surface area contributed by atoms with Crippen LogP contribution in [0.25, 0.3) is 11.3 Å². The van der Waals surface area contributed by atoms with Crippen molar-refractivity contribution in [2.24, 2.45) is 5.10 Å². The van der Waals surface area contributed by atoms with E-state index in [1.807, 2.05) is 0 Å². The number of para-hydroxylation sites is 1. The first-order chi connectivity index (χ1) is 16.5. The number of aromatic nitrogens is 4. The van der Waals surface area contributed by atoms with Gasteiger partial charge in [-0.3, -0.25) is 15.5 Å². The molecule has 0 fully saturated rings. The van der Waals surface area contributed by atoms with Gasteiger partial charge in [0.2, 0.25) is 17.0 Å². The molecular weight excluding hydrogens is 448 g/mol. The fourth-order valence-corrected chi connectivity index (χ4v) is 2.81. The smallest absolute Gasteiger partial charge is 0.338 e. The predicted octanol–water partition coefficient (Wildman–Crippen LogP) is 2.99. The lowest BCUT2D eigenvalue weighted by molar-refractivity contribution is -0.385. The monoisotopic (exact) mass is 464 g/mol. The summed E-state index contributed by atoms with van der Waals surface area (Å²) in [6.07, 6.45) is 1.19. The molecule has 4 rings (SSSR count). The van der Waals surface area contributed by atoms with Gasteiger partial charge in [0.05, 0.1) is 23.3 Å². The summed E-state index contributed by atoms with van der Waals surface area (Å²) in [5.41, 5.74) is 3.52. The number of anilines is 3. The minimum atomic E-state index is -0.702. The summed E-state index contributed by atoms with van der Waals surface area (Å²) in [6.45, 7) is 1.99. The van der Waals surface area contributed by atoms with E-state index in [-0.39, 0.29) is 35.1 Å².